The molecule has 1 amide bonds. The zero-order valence-corrected chi connectivity index (χ0v) is 20.1. The number of likely N-dealkylation sites (N-methyl/N-ethyl adjacent to an activating group) is 1. The van der Waals surface area contributed by atoms with E-state index >= 15 is 0 Å². The van der Waals surface area contributed by atoms with Crippen LogP contribution >= 0.6 is 0 Å². The Hall–Kier alpha value is -3.44. The number of carbonyl (C=O) groups excluding carboxylic acids is 2. The first kappa shape index (κ1) is 22.4. The van der Waals surface area contributed by atoms with Crippen LogP contribution < -0.4 is 5.32 Å². The van der Waals surface area contributed by atoms with Crippen molar-refractivity contribution in [3.63, 3.8) is 0 Å². The fourth-order valence-corrected chi connectivity index (χ4v) is 6.39. The molecule has 0 radical (unpaired) electrons. The first-order chi connectivity index (χ1) is 16.4. The van der Waals surface area contributed by atoms with Gasteiger partial charge in [0.1, 0.15) is 11.0 Å². The van der Waals surface area contributed by atoms with Crippen molar-refractivity contribution in [1.29, 1.82) is 0 Å². The van der Waals surface area contributed by atoms with Crippen LogP contribution in [0.5, 0.6) is 0 Å². The Balaban J connectivity index is 1.86. The summed E-state index contributed by atoms with van der Waals surface area (Å²) in [5.74, 6) is -0.785. The fraction of sp³-hybridized carbons (Fsp3) is 0.310. The third-order valence-electron chi connectivity index (χ3n) is 7.89. The molecule has 2 aliphatic heterocycles. The highest BCUT2D eigenvalue weighted by Gasteiger charge is 2.74. The molecule has 0 saturated carbocycles. The van der Waals surface area contributed by atoms with Crippen LogP contribution in [-0.2, 0) is 26.3 Å². The predicted molar refractivity (Wildman–Crippen MR) is 133 cm³/mol. The quantitative estimate of drug-likeness (QED) is 0.586. The van der Waals surface area contributed by atoms with Crippen molar-refractivity contribution in [3.8, 4) is 0 Å². The fourth-order valence-electron chi connectivity index (χ4n) is 6.39. The second-order valence-electron chi connectivity index (χ2n) is 9.62. The Morgan fingerprint density at radius 1 is 1.06 bits per heavy atom. The maximum Gasteiger partial charge on any atom is 0.315 e. The SMILES string of the molecule is COC(=O)[C@]1(Cc2cc(C)ccc2C)[C@@H](c2ccccc2)CN(C)[C@@]12C(=O)Nc1ccccc12. The van der Waals surface area contributed by atoms with Gasteiger partial charge >= 0.3 is 5.97 Å². The smallest absolute Gasteiger partial charge is 0.315 e. The number of nitrogens with zero attached hydrogens (tertiary/aromatic N) is 1. The lowest BCUT2D eigenvalue weighted by molar-refractivity contribution is -0.164. The molecular formula is C29H30N2O3. The number of nitrogens with one attached hydrogen (secondary N) is 1. The first-order valence-corrected chi connectivity index (χ1v) is 11.7. The van der Waals surface area contributed by atoms with Crippen LogP contribution in [0.4, 0.5) is 5.69 Å². The van der Waals surface area contributed by atoms with Crippen LogP contribution in [0.15, 0.2) is 72.8 Å². The van der Waals surface area contributed by atoms with Gasteiger partial charge in [-0.2, -0.15) is 0 Å². The van der Waals surface area contributed by atoms with E-state index in [0.717, 1.165) is 33.5 Å². The normalized spacial score (nSPS) is 25.9. The molecule has 0 bridgehead atoms. The molecule has 1 N–H and O–H groups in total. The van der Waals surface area contributed by atoms with Gasteiger partial charge in [0.25, 0.3) is 5.91 Å². The first-order valence-electron chi connectivity index (χ1n) is 11.7. The Morgan fingerprint density at radius 3 is 2.50 bits per heavy atom. The van der Waals surface area contributed by atoms with Crippen molar-refractivity contribution in [2.45, 2.75) is 31.7 Å². The Kier molecular flexibility index (Phi) is 5.33. The number of anilines is 1. The predicted octanol–water partition coefficient (Wildman–Crippen LogP) is 4.58. The van der Waals surface area contributed by atoms with Crippen LogP contribution in [-0.4, -0.2) is 37.5 Å². The van der Waals surface area contributed by atoms with E-state index in [0.29, 0.717) is 13.0 Å². The molecule has 3 atom stereocenters. The molecule has 3 aromatic carbocycles. The van der Waals surface area contributed by atoms with Gasteiger partial charge in [0.05, 0.1) is 7.11 Å². The summed E-state index contributed by atoms with van der Waals surface area (Å²) in [6.07, 6.45) is 0.388. The minimum atomic E-state index is -1.20. The lowest BCUT2D eigenvalue weighted by Crippen LogP contribution is -2.60. The number of amides is 1. The van der Waals surface area contributed by atoms with E-state index < -0.39 is 11.0 Å². The third-order valence-corrected chi connectivity index (χ3v) is 7.89. The van der Waals surface area contributed by atoms with Gasteiger partial charge in [-0.15, -0.1) is 0 Å². The molecule has 0 aliphatic carbocycles. The number of para-hydroxylation sites is 1. The third kappa shape index (κ3) is 2.90. The molecule has 5 nitrogen and oxygen atoms in total. The molecule has 0 unspecified atom stereocenters. The lowest BCUT2D eigenvalue weighted by atomic mass is 9.58. The molecule has 174 valence electrons. The van der Waals surface area contributed by atoms with E-state index in [1.807, 2.05) is 49.5 Å². The van der Waals surface area contributed by atoms with Crippen LogP contribution in [0.25, 0.3) is 0 Å². The van der Waals surface area contributed by atoms with Gasteiger partial charge < -0.3 is 10.1 Å². The maximum absolute atomic E-state index is 14.2. The molecule has 2 heterocycles. The summed E-state index contributed by atoms with van der Waals surface area (Å²) in [6, 6.07) is 24.1. The maximum atomic E-state index is 14.2. The molecule has 1 fully saturated rings. The molecule has 1 spiro atoms. The standard InChI is InChI=1S/C29H30N2O3/c1-19-14-15-20(2)22(16-19)17-28(27(33)34-4)24(21-10-6-5-7-11-21)18-31(3)29(28)23-12-8-9-13-25(23)30-26(29)32/h5-16,24H,17-18H2,1-4H3,(H,30,32)/t24-,28+,29+/m1/s1. The van der Waals surface area contributed by atoms with E-state index in [4.69, 9.17) is 4.74 Å². The van der Waals surface area contributed by atoms with Crippen LogP contribution in [0.1, 0.15) is 33.7 Å². The summed E-state index contributed by atoms with van der Waals surface area (Å²) < 4.78 is 5.58. The second-order valence-corrected chi connectivity index (χ2v) is 9.62. The van der Waals surface area contributed by atoms with Gasteiger partial charge in [0, 0.05) is 23.7 Å². The summed E-state index contributed by atoms with van der Waals surface area (Å²) in [6.45, 7) is 4.66. The van der Waals surface area contributed by atoms with Crippen molar-refractivity contribution in [1.82, 2.24) is 4.90 Å². The van der Waals surface area contributed by atoms with Gasteiger partial charge in [0.15, 0.2) is 0 Å². The number of ether oxygens (including phenoxy) is 1. The summed E-state index contributed by atoms with van der Waals surface area (Å²) in [4.78, 5) is 30.3. The number of methoxy groups -OCH3 is 1. The van der Waals surface area contributed by atoms with E-state index in [2.05, 4.69) is 54.4 Å². The topological polar surface area (TPSA) is 58.6 Å². The Bertz CT molecular complexity index is 1270. The molecule has 5 heteroatoms. The summed E-state index contributed by atoms with van der Waals surface area (Å²) >= 11 is 0. The molecule has 1 saturated heterocycles. The van der Waals surface area contributed by atoms with E-state index in [-0.39, 0.29) is 17.8 Å². The molecule has 2 aliphatic rings. The van der Waals surface area contributed by atoms with Gasteiger partial charge in [-0.25, -0.2) is 0 Å². The highest BCUT2D eigenvalue weighted by atomic mass is 16.5. The molecule has 5 rings (SSSR count). The van der Waals surface area contributed by atoms with Crippen molar-refractivity contribution in [2.75, 3.05) is 26.0 Å². The summed E-state index contributed by atoms with van der Waals surface area (Å²) in [5, 5.41) is 3.09. The number of fused-ring (bicyclic) bond motifs is 2. The number of benzene rings is 3. The number of rotatable bonds is 4. The van der Waals surface area contributed by atoms with E-state index in [1.165, 1.54) is 7.11 Å². The number of aryl methyl sites for hydroxylation is 2. The van der Waals surface area contributed by atoms with Gasteiger partial charge in [-0.3, -0.25) is 14.5 Å². The second kappa shape index (κ2) is 8.10. The average molecular weight is 455 g/mol. The van der Waals surface area contributed by atoms with Crippen molar-refractivity contribution >= 4 is 17.6 Å². The number of likely N-dealkylation sites (tertiary alicyclic amines) is 1. The summed E-state index contributed by atoms with van der Waals surface area (Å²) in [7, 11) is 3.38. The van der Waals surface area contributed by atoms with Gasteiger partial charge in [-0.05, 0) is 50.1 Å². The Morgan fingerprint density at radius 2 is 1.76 bits per heavy atom. The molecule has 0 aromatic heterocycles. The van der Waals surface area contributed by atoms with Crippen molar-refractivity contribution in [3.05, 3.63) is 101 Å². The lowest BCUT2D eigenvalue weighted by Gasteiger charge is -2.45. The number of esters is 1. The highest BCUT2D eigenvalue weighted by molar-refractivity contribution is 6.10. The minimum absolute atomic E-state index is 0.176. The van der Waals surface area contributed by atoms with E-state index in [1.54, 1.807) is 0 Å². The average Bonchev–Trinajstić information content (AvgIpc) is 3.30. The zero-order valence-electron chi connectivity index (χ0n) is 20.1. The van der Waals surface area contributed by atoms with Crippen LogP contribution in [0, 0.1) is 19.3 Å². The highest BCUT2D eigenvalue weighted by Crippen LogP contribution is 2.63. The number of hydrogen-bond donors (Lipinski definition) is 1. The van der Waals surface area contributed by atoms with Gasteiger partial charge in [-0.1, -0.05) is 72.3 Å². The van der Waals surface area contributed by atoms with Crippen LogP contribution in [0.3, 0.4) is 0 Å². The number of hydrogen-bond acceptors (Lipinski definition) is 4. The number of carbonyl (C=O) groups is 2. The largest absolute Gasteiger partial charge is 0.468 e. The molecule has 34 heavy (non-hydrogen) atoms. The zero-order chi connectivity index (χ0) is 24.1. The van der Waals surface area contributed by atoms with Crippen molar-refractivity contribution < 1.29 is 14.3 Å². The monoisotopic (exact) mass is 454 g/mol. The van der Waals surface area contributed by atoms with E-state index in [9.17, 15) is 9.59 Å². The molecule has 3 aromatic rings. The minimum Gasteiger partial charge on any atom is -0.468 e. The summed E-state index contributed by atoms with van der Waals surface area (Å²) in [5.41, 5.74) is 3.50. The van der Waals surface area contributed by atoms with Crippen LogP contribution in [0.2, 0.25) is 0 Å². The van der Waals surface area contributed by atoms with Gasteiger partial charge in [0.2, 0.25) is 0 Å². The Labute approximate surface area is 200 Å². The molecular weight excluding hydrogens is 424 g/mol. The van der Waals surface area contributed by atoms with Crippen molar-refractivity contribution in [2.24, 2.45) is 5.41 Å².